The summed E-state index contributed by atoms with van der Waals surface area (Å²) in [5.74, 6) is 0.868. The van der Waals surface area contributed by atoms with E-state index in [9.17, 15) is 14.4 Å². The highest BCUT2D eigenvalue weighted by Crippen LogP contribution is 2.26. The van der Waals surface area contributed by atoms with Crippen molar-refractivity contribution in [2.75, 3.05) is 7.11 Å². The van der Waals surface area contributed by atoms with Crippen molar-refractivity contribution >= 4 is 17.3 Å². The molecule has 8 aromatic carbocycles. The smallest absolute Gasteiger partial charge is 0.166 e. The lowest BCUT2D eigenvalue weighted by molar-refractivity contribution is 0.0909. The van der Waals surface area contributed by atoms with Crippen LogP contribution in [0.3, 0.4) is 0 Å². The van der Waals surface area contributed by atoms with Crippen molar-refractivity contribution in [2.24, 2.45) is 17.8 Å². The van der Waals surface area contributed by atoms with E-state index in [1.807, 2.05) is 170 Å². The van der Waals surface area contributed by atoms with Crippen LogP contribution < -0.4 is 9.47 Å². The van der Waals surface area contributed by atoms with E-state index in [4.69, 9.17) is 9.47 Å². The third-order valence-electron chi connectivity index (χ3n) is 12.6. The summed E-state index contributed by atoms with van der Waals surface area (Å²) in [6.07, 6.45) is 3.53. The zero-order chi connectivity index (χ0) is 46.2. The maximum atomic E-state index is 14.6. The molecule has 0 aliphatic rings. The zero-order valence-corrected chi connectivity index (χ0v) is 38.0. The van der Waals surface area contributed by atoms with Crippen LogP contribution >= 0.6 is 0 Å². The number of ether oxygens (including phenoxy) is 2. The third-order valence-corrected chi connectivity index (χ3v) is 12.6. The molecule has 0 aliphatic heterocycles. The Morgan fingerprint density at radius 1 is 0.313 bits per heavy atom. The fraction of sp³-hybridized carbons (Fsp3) is 0.177. The monoisotopic (exact) mass is 880 g/mol. The van der Waals surface area contributed by atoms with Gasteiger partial charge in [0.1, 0.15) is 18.1 Å². The van der Waals surface area contributed by atoms with Crippen LogP contribution in [0.15, 0.2) is 218 Å². The fourth-order valence-corrected chi connectivity index (χ4v) is 8.86. The average molecular weight is 881 g/mol. The van der Waals surface area contributed by atoms with Crippen LogP contribution in [0.5, 0.6) is 11.5 Å². The van der Waals surface area contributed by atoms with Crippen LogP contribution in [-0.2, 0) is 45.1 Å². The molecule has 5 heteroatoms. The maximum Gasteiger partial charge on any atom is 0.166 e. The Balaban J connectivity index is 1.01. The molecule has 0 bridgehead atoms. The van der Waals surface area contributed by atoms with Gasteiger partial charge in [-0.05, 0) is 102 Å². The third kappa shape index (κ3) is 13.0. The summed E-state index contributed by atoms with van der Waals surface area (Å²) in [5, 5.41) is 0. The standard InChI is InChI=1S/C62H56O5/c1-66-58-34-36-59(37-35-58)67-44-51-26-32-54(33-27-51)62(65)57(42-49-22-28-52(29-23-49)60(63)55(38-45-14-6-2-7-15-45)39-46-16-8-3-9-17-46)43-50-24-30-53(31-25-50)61(64)56(40-47-18-10-4-11-19-47)41-48-20-12-5-13-21-48/h2-37,55-57H,38-44H2,1H3. The number of carbonyl (C=O) groups excluding carboxylic acids is 3. The summed E-state index contributed by atoms with van der Waals surface area (Å²) in [4.78, 5) is 43.0. The highest BCUT2D eigenvalue weighted by molar-refractivity contribution is 6.00. The SMILES string of the molecule is COc1ccc(OCc2ccc(C(=O)C(Cc3ccc(C(=O)C(Cc4ccccc4)Cc4ccccc4)cc3)Cc3ccc(C(=O)C(Cc4ccccc4)Cc4ccccc4)cc3)cc2)cc1. The largest absolute Gasteiger partial charge is 0.497 e. The van der Waals surface area contributed by atoms with Crippen LogP contribution in [0.1, 0.15) is 70.0 Å². The molecular weight excluding hydrogens is 825 g/mol. The molecule has 0 radical (unpaired) electrons. The first-order valence-corrected chi connectivity index (χ1v) is 23.2. The Kier molecular flexibility index (Phi) is 15.8. The van der Waals surface area contributed by atoms with Crippen molar-refractivity contribution < 1.29 is 23.9 Å². The summed E-state index contributed by atoms with van der Waals surface area (Å²) >= 11 is 0. The first-order chi connectivity index (χ1) is 32.9. The lowest BCUT2D eigenvalue weighted by Crippen LogP contribution is -2.22. The van der Waals surface area contributed by atoms with E-state index in [1.165, 1.54) is 0 Å². The Labute approximate surface area is 395 Å². The van der Waals surface area contributed by atoms with Gasteiger partial charge in [0.05, 0.1) is 7.11 Å². The van der Waals surface area contributed by atoms with Gasteiger partial charge in [0.2, 0.25) is 0 Å². The van der Waals surface area contributed by atoms with Crippen LogP contribution in [0.2, 0.25) is 0 Å². The second-order valence-electron chi connectivity index (χ2n) is 17.4. The highest BCUT2D eigenvalue weighted by atomic mass is 16.5. The van der Waals surface area contributed by atoms with Gasteiger partial charge in [-0.1, -0.05) is 194 Å². The minimum absolute atomic E-state index is 0.0273. The molecule has 67 heavy (non-hydrogen) atoms. The van der Waals surface area contributed by atoms with Crippen molar-refractivity contribution in [3.63, 3.8) is 0 Å². The Hall–Kier alpha value is -7.63. The molecule has 0 N–H and O–H groups in total. The van der Waals surface area contributed by atoms with Gasteiger partial charge >= 0.3 is 0 Å². The normalized spacial score (nSPS) is 11.2. The number of ketones is 3. The topological polar surface area (TPSA) is 69.7 Å². The molecule has 0 saturated heterocycles. The molecule has 0 heterocycles. The molecule has 0 aliphatic carbocycles. The first kappa shape index (κ1) is 45.9. The Morgan fingerprint density at radius 2 is 0.567 bits per heavy atom. The van der Waals surface area contributed by atoms with Crippen LogP contribution in [0, 0.1) is 17.8 Å². The number of rotatable bonds is 22. The van der Waals surface area contributed by atoms with Crippen LogP contribution in [-0.4, -0.2) is 24.5 Å². The lowest BCUT2D eigenvalue weighted by atomic mass is 9.83. The van der Waals surface area contributed by atoms with E-state index in [1.54, 1.807) is 7.11 Å². The number of Topliss-reactive ketones (excluding diaryl/α,β-unsaturated/α-hetero) is 3. The average Bonchev–Trinajstić information content (AvgIpc) is 3.39. The number of hydrogen-bond donors (Lipinski definition) is 0. The van der Waals surface area contributed by atoms with Crippen molar-refractivity contribution in [2.45, 2.75) is 45.1 Å². The van der Waals surface area contributed by atoms with Crippen LogP contribution in [0.25, 0.3) is 0 Å². The van der Waals surface area contributed by atoms with Crippen molar-refractivity contribution in [3.8, 4) is 11.5 Å². The quantitative estimate of drug-likeness (QED) is 0.0634. The number of hydrogen-bond acceptors (Lipinski definition) is 5. The molecule has 8 aromatic rings. The summed E-state index contributed by atoms with van der Waals surface area (Å²) in [6, 6.07) is 71.5. The molecule has 334 valence electrons. The van der Waals surface area contributed by atoms with Crippen molar-refractivity contribution in [3.05, 3.63) is 274 Å². The van der Waals surface area contributed by atoms with Gasteiger partial charge in [0, 0.05) is 34.4 Å². The summed E-state index contributed by atoms with van der Waals surface area (Å²) in [7, 11) is 1.63. The van der Waals surface area contributed by atoms with E-state index in [-0.39, 0.29) is 29.2 Å². The zero-order valence-electron chi connectivity index (χ0n) is 38.0. The minimum Gasteiger partial charge on any atom is -0.497 e. The number of benzene rings is 8. The lowest BCUT2D eigenvalue weighted by Gasteiger charge is -2.19. The molecule has 8 rings (SSSR count). The van der Waals surface area contributed by atoms with Gasteiger partial charge in [0.25, 0.3) is 0 Å². The van der Waals surface area contributed by atoms with Gasteiger partial charge < -0.3 is 9.47 Å². The van der Waals surface area contributed by atoms with Crippen LogP contribution in [0.4, 0.5) is 0 Å². The molecule has 0 fully saturated rings. The second-order valence-corrected chi connectivity index (χ2v) is 17.4. The van der Waals surface area contributed by atoms with Gasteiger partial charge in [-0.25, -0.2) is 0 Å². The van der Waals surface area contributed by atoms with E-state index >= 15 is 0 Å². The molecule has 0 spiro atoms. The van der Waals surface area contributed by atoms with Crippen molar-refractivity contribution in [1.82, 2.24) is 0 Å². The predicted octanol–water partition coefficient (Wildman–Crippen LogP) is 13.1. The van der Waals surface area contributed by atoms with E-state index in [0.29, 0.717) is 61.8 Å². The fourth-order valence-electron chi connectivity index (χ4n) is 8.86. The molecular formula is C62H56O5. The van der Waals surface area contributed by atoms with E-state index < -0.39 is 5.92 Å². The Morgan fingerprint density at radius 3 is 0.851 bits per heavy atom. The molecule has 0 atom stereocenters. The second kappa shape index (κ2) is 23.0. The molecule has 0 unspecified atom stereocenters. The molecule has 0 saturated carbocycles. The van der Waals surface area contributed by atoms with Crippen molar-refractivity contribution in [1.29, 1.82) is 0 Å². The summed E-state index contributed by atoms with van der Waals surface area (Å²) in [6.45, 7) is 0.357. The summed E-state index contributed by atoms with van der Waals surface area (Å²) in [5.41, 5.74) is 9.34. The van der Waals surface area contributed by atoms with Gasteiger partial charge in [-0.2, -0.15) is 0 Å². The van der Waals surface area contributed by atoms with Gasteiger partial charge in [-0.15, -0.1) is 0 Å². The molecule has 0 aromatic heterocycles. The maximum absolute atomic E-state index is 14.6. The predicted molar refractivity (Wildman–Crippen MR) is 268 cm³/mol. The first-order valence-electron chi connectivity index (χ1n) is 23.2. The molecule has 0 amide bonds. The summed E-state index contributed by atoms with van der Waals surface area (Å²) < 4.78 is 11.3. The number of carbonyl (C=O) groups is 3. The van der Waals surface area contributed by atoms with Gasteiger partial charge in [-0.3, -0.25) is 14.4 Å². The Bertz CT molecular complexity index is 2560. The van der Waals surface area contributed by atoms with Gasteiger partial charge in [0.15, 0.2) is 17.3 Å². The van der Waals surface area contributed by atoms with E-state index in [2.05, 4.69) is 48.5 Å². The minimum atomic E-state index is -0.405. The highest BCUT2D eigenvalue weighted by Gasteiger charge is 2.25. The van der Waals surface area contributed by atoms with E-state index in [0.717, 1.165) is 50.4 Å². The number of methoxy groups -OCH3 is 1. The molecule has 5 nitrogen and oxygen atoms in total.